The van der Waals surface area contributed by atoms with Crippen LogP contribution in [-0.2, 0) is 19.0 Å². The summed E-state index contributed by atoms with van der Waals surface area (Å²) in [5.74, 6) is 0.210. The van der Waals surface area contributed by atoms with Gasteiger partial charge in [0.05, 0.1) is 4.88 Å². The number of halogens is 3. The molecule has 22 heavy (non-hydrogen) atoms. The zero-order valence-electron chi connectivity index (χ0n) is 11.7. The van der Waals surface area contributed by atoms with Gasteiger partial charge in [-0.3, -0.25) is 10.1 Å². The van der Waals surface area contributed by atoms with Crippen LogP contribution < -0.4 is 5.32 Å². The number of fused-ring (bicyclic) bond motifs is 1. The third-order valence-electron chi connectivity index (χ3n) is 3.57. The molecule has 8 heteroatoms. The molecule has 0 radical (unpaired) electrons. The molecule has 3 rings (SSSR count). The monoisotopic (exact) mass is 346 g/mol. The van der Waals surface area contributed by atoms with Gasteiger partial charge < -0.3 is 0 Å². The fraction of sp³-hybridized carbons (Fsp3) is 0.429. The Balaban J connectivity index is 1.74. The molecule has 1 aliphatic carbocycles. The van der Waals surface area contributed by atoms with E-state index in [-0.39, 0.29) is 5.13 Å². The van der Waals surface area contributed by atoms with E-state index in [4.69, 9.17) is 0 Å². The number of hydrogen-bond acceptors (Lipinski definition) is 4. The van der Waals surface area contributed by atoms with Gasteiger partial charge in [-0.25, -0.2) is 4.98 Å². The minimum atomic E-state index is -4.49. The van der Waals surface area contributed by atoms with Gasteiger partial charge in [0.1, 0.15) is 0 Å². The van der Waals surface area contributed by atoms with Crippen molar-refractivity contribution in [1.29, 1.82) is 0 Å². The van der Waals surface area contributed by atoms with Crippen molar-refractivity contribution in [3.63, 3.8) is 0 Å². The number of aromatic nitrogens is 1. The summed E-state index contributed by atoms with van der Waals surface area (Å²) < 4.78 is 37.5. The van der Waals surface area contributed by atoms with Gasteiger partial charge in [0.25, 0.3) is 5.91 Å². The van der Waals surface area contributed by atoms with Gasteiger partial charge in [-0.15, -0.1) is 22.7 Å². The Morgan fingerprint density at radius 2 is 2.23 bits per heavy atom. The summed E-state index contributed by atoms with van der Waals surface area (Å²) in [4.78, 5) is 17.3. The molecular formula is C14H13F3N2OS2. The van der Waals surface area contributed by atoms with E-state index in [1.54, 1.807) is 0 Å². The lowest BCUT2D eigenvalue weighted by molar-refractivity contribution is -0.140. The molecule has 0 aliphatic heterocycles. The van der Waals surface area contributed by atoms with E-state index in [1.807, 2.05) is 6.07 Å². The maximum absolute atomic E-state index is 12.5. The van der Waals surface area contributed by atoms with Crippen LogP contribution in [0, 0.1) is 5.92 Å². The second-order valence-electron chi connectivity index (χ2n) is 5.40. The van der Waals surface area contributed by atoms with Crippen molar-refractivity contribution in [2.45, 2.75) is 32.4 Å². The Morgan fingerprint density at radius 1 is 1.45 bits per heavy atom. The molecule has 0 saturated heterocycles. The van der Waals surface area contributed by atoms with Gasteiger partial charge >= 0.3 is 6.18 Å². The fourth-order valence-electron chi connectivity index (χ4n) is 2.44. The summed E-state index contributed by atoms with van der Waals surface area (Å²) in [7, 11) is 0. The molecular weight excluding hydrogens is 333 g/mol. The van der Waals surface area contributed by atoms with Gasteiger partial charge in [-0.05, 0) is 36.8 Å². The van der Waals surface area contributed by atoms with Gasteiger partial charge in [-0.2, -0.15) is 13.2 Å². The first-order valence-corrected chi connectivity index (χ1v) is 8.48. The van der Waals surface area contributed by atoms with Crippen molar-refractivity contribution in [1.82, 2.24) is 4.98 Å². The summed E-state index contributed by atoms with van der Waals surface area (Å²) >= 11 is 2.20. The molecule has 2 aromatic heterocycles. The fourth-order valence-corrected chi connectivity index (χ4v) is 4.25. The largest absolute Gasteiger partial charge is 0.434 e. The number of thiophene rings is 1. The van der Waals surface area contributed by atoms with Crippen molar-refractivity contribution in [3.8, 4) is 0 Å². The number of carbonyl (C=O) groups excluding carboxylic acids is 1. The normalized spacial score (nSPS) is 18.1. The summed E-state index contributed by atoms with van der Waals surface area (Å²) in [6.45, 7) is 2.18. The van der Waals surface area contributed by atoms with Crippen molar-refractivity contribution in [2.24, 2.45) is 5.92 Å². The smallest absolute Gasteiger partial charge is 0.297 e. The SMILES string of the molecule is CC1CCc2sc(C(=O)Nc3nc(C(F)(F)F)cs3)cc2C1. The van der Waals surface area contributed by atoms with Crippen molar-refractivity contribution >= 4 is 33.7 Å². The van der Waals surface area contributed by atoms with Crippen LogP contribution in [-0.4, -0.2) is 10.9 Å². The summed E-state index contributed by atoms with van der Waals surface area (Å²) in [5, 5.41) is 3.32. The average molecular weight is 346 g/mol. The van der Waals surface area contributed by atoms with Crippen molar-refractivity contribution in [2.75, 3.05) is 5.32 Å². The maximum Gasteiger partial charge on any atom is 0.434 e. The number of anilines is 1. The molecule has 1 amide bonds. The minimum Gasteiger partial charge on any atom is -0.297 e. The first-order valence-electron chi connectivity index (χ1n) is 6.78. The molecule has 0 aromatic carbocycles. The molecule has 0 spiro atoms. The van der Waals surface area contributed by atoms with Crippen LogP contribution in [0.1, 0.15) is 39.2 Å². The van der Waals surface area contributed by atoms with E-state index < -0.39 is 17.8 Å². The van der Waals surface area contributed by atoms with Gasteiger partial charge in [-0.1, -0.05) is 6.92 Å². The topological polar surface area (TPSA) is 42.0 Å². The number of carbonyl (C=O) groups is 1. The van der Waals surface area contributed by atoms with Crippen molar-refractivity contribution < 1.29 is 18.0 Å². The molecule has 2 aromatic rings. The third-order valence-corrected chi connectivity index (χ3v) is 5.56. The highest BCUT2D eigenvalue weighted by molar-refractivity contribution is 7.15. The lowest BCUT2D eigenvalue weighted by atomic mass is 9.90. The van der Waals surface area contributed by atoms with Gasteiger partial charge in [0.15, 0.2) is 10.8 Å². The van der Waals surface area contributed by atoms with Gasteiger partial charge in [0, 0.05) is 10.3 Å². The highest BCUT2D eigenvalue weighted by Gasteiger charge is 2.34. The molecule has 1 unspecified atom stereocenters. The lowest BCUT2D eigenvalue weighted by Crippen LogP contribution is -2.11. The highest BCUT2D eigenvalue weighted by atomic mass is 32.1. The Labute approximate surface area is 133 Å². The number of hydrogen-bond donors (Lipinski definition) is 1. The number of amides is 1. The van der Waals surface area contributed by atoms with Crippen LogP contribution >= 0.6 is 22.7 Å². The molecule has 0 fully saturated rings. The standard InChI is InChI=1S/C14H13F3N2OS2/c1-7-2-3-9-8(4-7)5-10(22-9)12(20)19-13-18-11(6-21-13)14(15,16)17/h5-7H,2-4H2,1H3,(H,18,19,20). The molecule has 2 heterocycles. The maximum atomic E-state index is 12.5. The Kier molecular flexibility index (Phi) is 3.98. The molecule has 3 nitrogen and oxygen atoms in total. The van der Waals surface area contributed by atoms with Gasteiger partial charge in [0.2, 0.25) is 0 Å². The number of nitrogens with zero attached hydrogens (tertiary/aromatic N) is 1. The number of nitrogens with one attached hydrogen (secondary N) is 1. The van der Waals surface area contributed by atoms with E-state index in [0.29, 0.717) is 10.8 Å². The Bertz CT molecular complexity index is 705. The third kappa shape index (κ3) is 3.17. The minimum absolute atomic E-state index is 0.0305. The summed E-state index contributed by atoms with van der Waals surface area (Å²) in [6.07, 6.45) is -1.47. The number of thiazole rings is 1. The average Bonchev–Trinajstić information content (AvgIpc) is 3.03. The second kappa shape index (κ2) is 5.66. The number of aryl methyl sites for hydroxylation is 1. The van der Waals surface area contributed by atoms with Crippen LogP contribution in [0.2, 0.25) is 0 Å². The zero-order chi connectivity index (χ0) is 15.9. The number of alkyl halides is 3. The molecule has 118 valence electrons. The highest BCUT2D eigenvalue weighted by Crippen LogP contribution is 2.34. The van der Waals surface area contributed by atoms with Crippen molar-refractivity contribution in [3.05, 3.63) is 32.5 Å². The second-order valence-corrected chi connectivity index (χ2v) is 7.39. The molecule has 1 atom stereocenters. The Hall–Kier alpha value is -1.41. The van der Waals surface area contributed by atoms with Crippen LogP contribution in [0.5, 0.6) is 0 Å². The molecule has 0 saturated carbocycles. The molecule has 1 aliphatic rings. The quantitative estimate of drug-likeness (QED) is 0.863. The predicted molar refractivity (Wildman–Crippen MR) is 80.6 cm³/mol. The van der Waals surface area contributed by atoms with E-state index in [2.05, 4.69) is 17.2 Å². The van der Waals surface area contributed by atoms with E-state index >= 15 is 0 Å². The predicted octanol–water partition coefficient (Wildman–Crippen LogP) is 4.60. The van der Waals surface area contributed by atoms with Crippen LogP contribution in [0.25, 0.3) is 0 Å². The first-order chi connectivity index (χ1) is 10.3. The van der Waals surface area contributed by atoms with Crippen LogP contribution in [0.4, 0.5) is 18.3 Å². The van der Waals surface area contributed by atoms with E-state index in [9.17, 15) is 18.0 Å². The summed E-state index contributed by atoms with van der Waals surface area (Å²) in [6, 6.07) is 1.85. The zero-order valence-corrected chi connectivity index (χ0v) is 13.3. The van der Waals surface area contributed by atoms with Crippen LogP contribution in [0.15, 0.2) is 11.4 Å². The lowest BCUT2D eigenvalue weighted by Gasteiger charge is -2.16. The van der Waals surface area contributed by atoms with E-state index in [1.165, 1.54) is 21.8 Å². The molecule has 1 N–H and O–H groups in total. The van der Waals surface area contributed by atoms with Crippen LogP contribution in [0.3, 0.4) is 0 Å². The number of rotatable bonds is 2. The summed E-state index contributed by atoms with van der Waals surface area (Å²) in [5.41, 5.74) is 0.205. The van der Waals surface area contributed by atoms with E-state index in [0.717, 1.165) is 36.0 Å². The Morgan fingerprint density at radius 3 is 2.91 bits per heavy atom. The molecule has 0 bridgehead atoms. The first kappa shape index (κ1) is 15.5.